The van der Waals surface area contributed by atoms with Crippen molar-refractivity contribution in [1.29, 1.82) is 0 Å². The fraction of sp³-hybridized carbons (Fsp3) is 0.0769. The number of hydrogen-bond donors (Lipinski definition) is 1. The minimum Gasteiger partial charge on any atom is -0.321 e. The highest BCUT2D eigenvalue weighted by atomic mass is 35.5. The van der Waals surface area contributed by atoms with Crippen molar-refractivity contribution in [2.24, 2.45) is 0 Å². The molecule has 0 aliphatic carbocycles. The van der Waals surface area contributed by atoms with Crippen LogP contribution in [0.15, 0.2) is 36.5 Å². The summed E-state index contributed by atoms with van der Waals surface area (Å²) in [5, 5.41) is 2.14. The molecule has 110 valence electrons. The number of alkyl halides is 3. The molecule has 1 heterocycles. The third-order valence-corrected chi connectivity index (χ3v) is 2.86. The van der Waals surface area contributed by atoms with Crippen LogP contribution < -0.4 is 5.32 Å². The Morgan fingerprint density at radius 3 is 2.52 bits per heavy atom. The van der Waals surface area contributed by atoms with Gasteiger partial charge in [-0.15, -0.1) is 0 Å². The number of carbonyl (C=O) groups excluding carboxylic acids is 1. The largest absolute Gasteiger partial charge is 0.416 e. The first-order chi connectivity index (χ1) is 9.77. The van der Waals surface area contributed by atoms with E-state index in [4.69, 9.17) is 11.6 Å². The van der Waals surface area contributed by atoms with Crippen molar-refractivity contribution < 1.29 is 22.4 Å². The maximum atomic E-state index is 12.9. The Bertz CT molecular complexity index is 688. The van der Waals surface area contributed by atoms with Gasteiger partial charge in [-0.2, -0.15) is 17.6 Å². The number of pyridine rings is 1. The first kappa shape index (κ1) is 15.2. The zero-order valence-corrected chi connectivity index (χ0v) is 11.0. The summed E-state index contributed by atoms with van der Waals surface area (Å²) < 4.78 is 50.7. The minimum absolute atomic E-state index is 0.0640. The molecule has 0 fully saturated rings. The molecule has 8 heteroatoms. The quantitative estimate of drug-likeness (QED) is 0.668. The summed E-state index contributed by atoms with van der Waals surface area (Å²) in [6, 6.07) is 4.60. The Labute approximate surface area is 121 Å². The van der Waals surface area contributed by atoms with Gasteiger partial charge in [0.2, 0.25) is 5.95 Å². The van der Waals surface area contributed by atoms with Crippen LogP contribution >= 0.6 is 11.6 Å². The molecule has 0 unspecified atom stereocenters. The summed E-state index contributed by atoms with van der Waals surface area (Å²) in [6.45, 7) is 0. The second kappa shape index (κ2) is 5.69. The highest BCUT2D eigenvalue weighted by Gasteiger charge is 2.31. The molecular weight excluding hydrogens is 312 g/mol. The van der Waals surface area contributed by atoms with E-state index in [1.807, 2.05) is 0 Å². The van der Waals surface area contributed by atoms with Gasteiger partial charge in [0.25, 0.3) is 5.91 Å². The molecule has 21 heavy (non-hydrogen) atoms. The SMILES string of the molecule is O=C(Nc1cc(C(F)(F)F)ccc1Cl)c1ccnc(F)c1. The summed E-state index contributed by atoms with van der Waals surface area (Å²) in [5.74, 6) is -1.67. The zero-order valence-electron chi connectivity index (χ0n) is 10.2. The van der Waals surface area contributed by atoms with Gasteiger partial charge in [-0.05, 0) is 24.3 Å². The molecule has 1 N–H and O–H groups in total. The first-order valence-corrected chi connectivity index (χ1v) is 5.95. The van der Waals surface area contributed by atoms with Gasteiger partial charge in [-0.25, -0.2) is 4.98 Å². The van der Waals surface area contributed by atoms with Crippen LogP contribution in [-0.4, -0.2) is 10.9 Å². The third-order valence-electron chi connectivity index (χ3n) is 2.53. The molecular formula is C13H7ClF4N2O. The monoisotopic (exact) mass is 318 g/mol. The van der Waals surface area contributed by atoms with Crippen LogP contribution in [0.3, 0.4) is 0 Å². The summed E-state index contributed by atoms with van der Waals surface area (Å²) in [7, 11) is 0. The summed E-state index contributed by atoms with van der Waals surface area (Å²) >= 11 is 5.74. The maximum absolute atomic E-state index is 12.9. The number of nitrogens with one attached hydrogen (secondary N) is 1. The standard InChI is InChI=1S/C13H7ClF4N2O/c14-9-2-1-8(13(16,17)18)6-10(9)20-12(21)7-3-4-19-11(15)5-7/h1-6H,(H,20,21). The van der Waals surface area contributed by atoms with Crippen LogP contribution in [0.1, 0.15) is 15.9 Å². The van der Waals surface area contributed by atoms with Crippen LogP contribution in [0.2, 0.25) is 5.02 Å². The third kappa shape index (κ3) is 3.69. The lowest BCUT2D eigenvalue weighted by Gasteiger charge is -2.11. The fourth-order valence-corrected chi connectivity index (χ4v) is 1.70. The van der Waals surface area contributed by atoms with Gasteiger partial charge in [0.05, 0.1) is 16.3 Å². The molecule has 3 nitrogen and oxygen atoms in total. The molecule has 0 saturated carbocycles. The predicted octanol–water partition coefficient (Wildman–Crippen LogP) is 4.15. The maximum Gasteiger partial charge on any atom is 0.416 e. The number of anilines is 1. The topological polar surface area (TPSA) is 42.0 Å². The number of halogens is 5. The number of aromatic nitrogens is 1. The van der Waals surface area contributed by atoms with E-state index in [2.05, 4.69) is 10.3 Å². The van der Waals surface area contributed by atoms with E-state index in [-0.39, 0.29) is 16.3 Å². The lowest BCUT2D eigenvalue weighted by atomic mass is 10.2. The molecule has 0 aliphatic heterocycles. The van der Waals surface area contributed by atoms with Crippen LogP contribution in [0.25, 0.3) is 0 Å². The molecule has 2 aromatic rings. The van der Waals surface area contributed by atoms with Crippen LogP contribution in [-0.2, 0) is 6.18 Å². The molecule has 0 aliphatic rings. The van der Waals surface area contributed by atoms with E-state index in [0.29, 0.717) is 6.07 Å². The second-order valence-corrected chi connectivity index (χ2v) is 4.42. The van der Waals surface area contributed by atoms with Gasteiger partial charge in [0.1, 0.15) is 0 Å². The van der Waals surface area contributed by atoms with Gasteiger partial charge in [0, 0.05) is 17.8 Å². The van der Waals surface area contributed by atoms with Crippen molar-refractivity contribution in [3.05, 3.63) is 58.6 Å². The van der Waals surface area contributed by atoms with E-state index in [1.165, 1.54) is 6.07 Å². The molecule has 0 bridgehead atoms. The lowest BCUT2D eigenvalue weighted by molar-refractivity contribution is -0.137. The van der Waals surface area contributed by atoms with E-state index < -0.39 is 23.6 Å². The molecule has 0 radical (unpaired) electrons. The summed E-state index contributed by atoms with van der Waals surface area (Å²) in [6.07, 6.45) is -3.50. The average molecular weight is 319 g/mol. The highest BCUT2D eigenvalue weighted by molar-refractivity contribution is 6.34. The van der Waals surface area contributed by atoms with E-state index in [1.54, 1.807) is 0 Å². The highest BCUT2D eigenvalue weighted by Crippen LogP contribution is 2.33. The van der Waals surface area contributed by atoms with Gasteiger partial charge < -0.3 is 5.32 Å². The number of hydrogen-bond acceptors (Lipinski definition) is 2. The molecule has 1 aromatic carbocycles. The van der Waals surface area contributed by atoms with Gasteiger partial charge in [-0.3, -0.25) is 4.79 Å². The van der Waals surface area contributed by atoms with Crippen LogP contribution in [0.4, 0.5) is 23.2 Å². The molecule has 1 aromatic heterocycles. The van der Waals surface area contributed by atoms with Gasteiger partial charge >= 0.3 is 6.18 Å². The van der Waals surface area contributed by atoms with Crippen molar-refractivity contribution >= 4 is 23.2 Å². The predicted molar refractivity (Wildman–Crippen MR) is 68.6 cm³/mol. The lowest BCUT2D eigenvalue weighted by Crippen LogP contribution is -2.14. The number of rotatable bonds is 2. The van der Waals surface area contributed by atoms with Crippen molar-refractivity contribution in [3.8, 4) is 0 Å². The minimum atomic E-state index is -4.56. The Morgan fingerprint density at radius 2 is 1.90 bits per heavy atom. The molecule has 1 amide bonds. The fourth-order valence-electron chi connectivity index (χ4n) is 1.54. The molecule has 0 spiro atoms. The van der Waals surface area contributed by atoms with E-state index in [9.17, 15) is 22.4 Å². The molecule has 2 rings (SSSR count). The number of nitrogens with zero attached hydrogens (tertiary/aromatic N) is 1. The van der Waals surface area contributed by atoms with Gasteiger partial charge in [-0.1, -0.05) is 11.6 Å². The number of carbonyl (C=O) groups is 1. The summed E-state index contributed by atoms with van der Waals surface area (Å²) in [5.41, 5.74) is -1.26. The molecule has 0 saturated heterocycles. The smallest absolute Gasteiger partial charge is 0.321 e. The van der Waals surface area contributed by atoms with Crippen molar-refractivity contribution in [2.45, 2.75) is 6.18 Å². The zero-order chi connectivity index (χ0) is 15.6. The second-order valence-electron chi connectivity index (χ2n) is 4.01. The Hall–Kier alpha value is -2.15. The van der Waals surface area contributed by atoms with Gasteiger partial charge in [0.15, 0.2) is 0 Å². The van der Waals surface area contributed by atoms with Crippen LogP contribution in [0, 0.1) is 5.95 Å². The number of amides is 1. The van der Waals surface area contributed by atoms with E-state index >= 15 is 0 Å². The van der Waals surface area contributed by atoms with Crippen LogP contribution in [0.5, 0.6) is 0 Å². The number of benzene rings is 1. The average Bonchev–Trinajstić information content (AvgIpc) is 2.40. The normalized spacial score (nSPS) is 11.3. The summed E-state index contributed by atoms with van der Waals surface area (Å²) in [4.78, 5) is 15.1. The van der Waals surface area contributed by atoms with E-state index in [0.717, 1.165) is 24.4 Å². The van der Waals surface area contributed by atoms with Crippen molar-refractivity contribution in [3.63, 3.8) is 0 Å². The Morgan fingerprint density at radius 1 is 1.19 bits per heavy atom. The van der Waals surface area contributed by atoms with Crippen molar-refractivity contribution in [2.75, 3.05) is 5.32 Å². The van der Waals surface area contributed by atoms with Crippen molar-refractivity contribution in [1.82, 2.24) is 4.98 Å². The first-order valence-electron chi connectivity index (χ1n) is 5.57. The molecule has 0 atom stereocenters. The Kier molecular flexibility index (Phi) is 4.13. The Balaban J connectivity index is 2.29.